The fraction of sp³-hybridized carbons (Fsp3) is 0.714. The Hall–Kier alpha value is -1.10. The number of thiocarbonyl (C=S) groups is 1. The molecule has 1 aromatic heterocycles. The number of nitrogens with one attached hydrogen (secondary N) is 1. The molecule has 0 saturated carbocycles. The Balaban J connectivity index is 2.24. The topological polar surface area (TPSA) is 33.1 Å². The van der Waals surface area contributed by atoms with Crippen LogP contribution < -0.4 is 5.32 Å². The SMILES string of the molecule is CCC1c2ncn(CC)c2CCN1C(=S)NC(C)C. The van der Waals surface area contributed by atoms with Gasteiger partial charge in [0.15, 0.2) is 5.11 Å². The maximum absolute atomic E-state index is 5.54. The number of aryl methyl sites for hydroxylation is 1. The van der Waals surface area contributed by atoms with Gasteiger partial charge in [-0.2, -0.15) is 0 Å². The van der Waals surface area contributed by atoms with Gasteiger partial charge in [0.1, 0.15) is 0 Å². The Morgan fingerprint density at radius 3 is 2.84 bits per heavy atom. The summed E-state index contributed by atoms with van der Waals surface area (Å²) in [6, 6.07) is 0.690. The second-order valence-electron chi connectivity index (χ2n) is 5.33. The fourth-order valence-electron chi connectivity index (χ4n) is 2.76. The highest BCUT2D eigenvalue weighted by molar-refractivity contribution is 7.80. The van der Waals surface area contributed by atoms with Crippen molar-refractivity contribution in [2.45, 2.75) is 59.2 Å². The lowest BCUT2D eigenvalue weighted by Gasteiger charge is -2.37. The zero-order valence-electron chi connectivity index (χ0n) is 12.3. The quantitative estimate of drug-likeness (QED) is 0.863. The number of hydrogen-bond acceptors (Lipinski definition) is 2. The molecule has 0 aliphatic carbocycles. The number of rotatable bonds is 3. The van der Waals surface area contributed by atoms with Crippen LogP contribution in [0, 0.1) is 0 Å². The Bertz CT molecular complexity index is 452. The van der Waals surface area contributed by atoms with Crippen molar-refractivity contribution in [3.05, 3.63) is 17.7 Å². The third kappa shape index (κ3) is 2.76. The molecule has 19 heavy (non-hydrogen) atoms. The van der Waals surface area contributed by atoms with Gasteiger partial charge < -0.3 is 14.8 Å². The molecule has 1 aliphatic rings. The van der Waals surface area contributed by atoms with Crippen LogP contribution in [-0.4, -0.2) is 32.2 Å². The normalized spacial score (nSPS) is 18.6. The van der Waals surface area contributed by atoms with Crippen molar-refractivity contribution in [3.8, 4) is 0 Å². The van der Waals surface area contributed by atoms with Crippen LogP contribution in [0.1, 0.15) is 51.5 Å². The molecule has 1 aromatic rings. The Labute approximate surface area is 121 Å². The van der Waals surface area contributed by atoms with Crippen molar-refractivity contribution < 1.29 is 0 Å². The molecule has 1 atom stereocenters. The van der Waals surface area contributed by atoms with E-state index in [4.69, 9.17) is 12.2 Å². The van der Waals surface area contributed by atoms with Crippen LogP contribution in [0.3, 0.4) is 0 Å². The summed E-state index contributed by atoms with van der Waals surface area (Å²) in [5.74, 6) is 0. The van der Waals surface area contributed by atoms with Crippen LogP contribution in [0.25, 0.3) is 0 Å². The van der Waals surface area contributed by atoms with Crippen LogP contribution in [0.5, 0.6) is 0 Å². The molecule has 1 unspecified atom stereocenters. The van der Waals surface area contributed by atoms with Crippen LogP contribution >= 0.6 is 12.2 Å². The third-order valence-corrected chi connectivity index (χ3v) is 4.01. The van der Waals surface area contributed by atoms with Gasteiger partial charge in [-0.15, -0.1) is 0 Å². The van der Waals surface area contributed by atoms with E-state index in [0.29, 0.717) is 12.1 Å². The van der Waals surface area contributed by atoms with Gasteiger partial charge >= 0.3 is 0 Å². The molecule has 0 radical (unpaired) electrons. The maximum Gasteiger partial charge on any atom is 0.169 e. The van der Waals surface area contributed by atoms with E-state index in [1.807, 2.05) is 6.33 Å². The lowest BCUT2D eigenvalue weighted by molar-refractivity contribution is 0.277. The number of nitrogens with zero attached hydrogens (tertiary/aromatic N) is 3. The minimum atomic E-state index is 0.315. The number of hydrogen-bond donors (Lipinski definition) is 1. The highest BCUT2D eigenvalue weighted by atomic mass is 32.1. The summed E-state index contributed by atoms with van der Waals surface area (Å²) in [5.41, 5.74) is 2.60. The molecule has 2 rings (SSSR count). The van der Waals surface area contributed by atoms with E-state index in [9.17, 15) is 0 Å². The van der Waals surface area contributed by atoms with E-state index in [2.05, 4.69) is 47.5 Å². The van der Waals surface area contributed by atoms with Gasteiger partial charge in [0.25, 0.3) is 0 Å². The monoisotopic (exact) mass is 280 g/mol. The molecule has 0 saturated heterocycles. The van der Waals surface area contributed by atoms with Crippen molar-refractivity contribution in [1.82, 2.24) is 19.8 Å². The summed E-state index contributed by atoms with van der Waals surface area (Å²) in [6.45, 7) is 10.6. The average molecular weight is 280 g/mol. The summed E-state index contributed by atoms with van der Waals surface area (Å²) in [7, 11) is 0. The molecular weight excluding hydrogens is 256 g/mol. The van der Waals surface area contributed by atoms with Gasteiger partial charge in [0.05, 0.1) is 18.1 Å². The van der Waals surface area contributed by atoms with E-state index in [1.54, 1.807) is 0 Å². The van der Waals surface area contributed by atoms with E-state index >= 15 is 0 Å². The molecule has 0 bridgehead atoms. The highest BCUT2D eigenvalue weighted by Gasteiger charge is 2.31. The van der Waals surface area contributed by atoms with Crippen molar-refractivity contribution in [1.29, 1.82) is 0 Å². The molecule has 1 aliphatic heterocycles. The first kappa shape index (κ1) is 14.3. The van der Waals surface area contributed by atoms with Crippen LogP contribution in [0.15, 0.2) is 6.33 Å². The third-order valence-electron chi connectivity index (χ3n) is 3.66. The Morgan fingerprint density at radius 2 is 2.26 bits per heavy atom. The molecule has 1 N–H and O–H groups in total. The number of aromatic nitrogens is 2. The molecule has 0 amide bonds. The standard InChI is InChI=1S/C14H24N4S/c1-5-11-13-12(17(6-2)9-15-13)7-8-18(11)14(19)16-10(3)4/h9-11H,5-8H2,1-4H3,(H,16,19). The minimum absolute atomic E-state index is 0.315. The van der Waals surface area contributed by atoms with Crippen molar-refractivity contribution in [2.75, 3.05) is 6.54 Å². The van der Waals surface area contributed by atoms with Crippen molar-refractivity contribution in [3.63, 3.8) is 0 Å². The summed E-state index contributed by atoms with van der Waals surface area (Å²) >= 11 is 5.54. The van der Waals surface area contributed by atoms with Crippen LogP contribution in [-0.2, 0) is 13.0 Å². The van der Waals surface area contributed by atoms with Gasteiger partial charge in [-0.1, -0.05) is 6.92 Å². The lowest BCUT2D eigenvalue weighted by Crippen LogP contribution is -2.47. The van der Waals surface area contributed by atoms with Crippen molar-refractivity contribution in [2.24, 2.45) is 0 Å². The predicted molar refractivity (Wildman–Crippen MR) is 82.2 cm³/mol. The molecule has 0 aromatic carbocycles. The summed E-state index contributed by atoms with van der Waals surface area (Å²) in [6.07, 6.45) is 4.03. The zero-order valence-corrected chi connectivity index (χ0v) is 13.1. The second-order valence-corrected chi connectivity index (χ2v) is 5.72. The average Bonchev–Trinajstić information content (AvgIpc) is 2.79. The minimum Gasteiger partial charge on any atom is -0.360 e. The van der Waals surface area contributed by atoms with Gasteiger partial charge in [0.2, 0.25) is 0 Å². The smallest absolute Gasteiger partial charge is 0.169 e. The Kier molecular flexibility index (Phi) is 4.45. The van der Waals surface area contributed by atoms with Gasteiger partial charge in [-0.3, -0.25) is 0 Å². The fourth-order valence-corrected chi connectivity index (χ4v) is 3.22. The second kappa shape index (κ2) is 5.90. The lowest BCUT2D eigenvalue weighted by atomic mass is 10.0. The molecule has 4 nitrogen and oxygen atoms in total. The van der Waals surface area contributed by atoms with E-state index < -0.39 is 0 Å². The molecule has 0 spiro atoms. The van der Waals surface area contributed by atoms with E-state index in [1.165, 1.54) is 11.4 Å². The molecule has 5 heteroatoms. The molecule has 0 fully saturated rings. The van der Waals surface area contributed by atoms with E-state index in [0.717, 1.165) is 31.0 Å². The number of imidazole rings is 1. The first-order chi connectivity index (χ1) is 9.08. The van der Waals surface area contributed by atoms with E-state index in [-0.39, 0.29) is 0 Å². The van der Waals surface area contributed by atoms with Gasteiger partial charge in [-0.25, -0.2) is 4.98 Å². The van der Waals surface area contributed by atoms with Gasteiger partial charge in [0, 0.05) is 31.2 Å². The predicted octanol–water partition coefficient (Wildman–Crippen LogP) is 2.50. The largest absolute Gasteiger partial charge is 0.360 e. The molecular formula is C14H24N4S. The molecule has 2 heterocycles. The maximum atomic E-state index is 5.54. The zero-order chi connectivity index (χ0) is 14.0. The summed E-state index contributed by atoms with van der Waals surface area (Å²) in [4.78, 5) is 6.92. The van der Waals surface area contributed by atoms with Crippen LogP contribution in [0.2, 0.25) is 0 Å². The van der Waals surface area contributed by atoms with Crippen LogP contribution in [0.4, 0.5) is 0 Å². The van der Waals surface area contributed by atoms with Crippen molar-refractivity contribution >= 4 is 17.3 Å². The summed E-state index contributed by atoms with van der Waals surface area (Å²) < 4.78 is 2.26. The summed E-state index contributed by atoms with van der Waals surface area (Å²) in [5, 5.41) is 4.21. The highest BCUT2D eigenvalue weighted by Crippen LogP contribution is 2.31. The molecule has 106 valence electrons. The first-order valence-corrected chi connectivity index (χ1v) is 7.60. The number of fused-ring (bicyclic) bond motifs is 1. The first-order valence-electron chi connectivity index (χ1n) is 7.19. The Morgan fingerprint density at radius 1 is 1.53 bits per heavy atom. The van der Waals surface area contributed by atoms with Gasteiger partial charge in [-0.05, 0) is 39.4 Å².